The predicted octanol–water partition coefficient (Wildman–Crippen LogP) is 0.958. The van der Waals surface area contributed by atoms with Crippen molar-refractivity contribution >= 4 is 11.8 Å². The van der Waals surface area contributed by atoms with Crippen molar-refractivity contribution in [3.05, 3.63) is 51.5 Å². The largest absolute Gasteiger partial charge is 0.376 e. The first-order valence-electron chi connectivity index (χ1n) is 10.7. The van der Waals surface area contributed by atoms with Crippen LogP contribution in [0.4, 0.5) is 0 Å². The number of likely N-dealkylation sites (N-methyl/N-ethyl adjacent to an activating group) is 1. The van der Waals surface area contributed by atoms with E-state index in [1.54, 1.807) is 54.1 Å². The van der Waals surface area contributed by atoms with Gasteiger partial charge in [-0.05, 0) is 36.8 Å². The monoisotopic (exact) mass is 427 g/mol. The number of hydrogen-bond acceptors (Lipinski definition) is 5. The fourth-order valence-corrected chi connectivity index (χ4v) is 4.43. The second kappa shape index (κ2) is 8.66. The Balaban J connectivity index is 1.59. The standard InChI is InChI=1S/C22H29N5O4/c1-24-10-8-23-19(24)22(30)27-9-7-17-15(13-27)12-25(2)20(28)18(17)21(29)26(3)14-16-6-4-5-11-31-16/h8,10,12,16H,4-7,9,11,13-14H2,1-3H3. The second-order valence-corrected chi connectivity index (χ2v) is 8.44. The molecule has 0 radical (unpaired) electrons. The molecule has 0 aromatic carbocycles. The number of imidazole rings is 1. The molecule has 1 unspecified atom stereocenters. The average Bonchev–Trinajstić information content (AvgIpc) is 3.20. The lowest BCUT2D eigenvalue weighted by atomic mass is 9.95. The third kappa shape index (κ3) is 4.14. The number of hydrogen-bond donors (Lipinski definition) is 0. The molecule has 0 saturated carbocycles. The smallest absolute Gasteiger partial charge is 0.290 e. The van der Waals surface area contributed by atoms with Crippen LogP contribution >= 0.6 is 0 Å². The number of ether oxygens (including phenoxy) is 1. The van der Waals surface area contributed by atoms with Crippen molar-refractivity contribution in [3.8, 4) is 0 Å². The summed E-state index contributed by atoms with van der Waals surface area (Å²) >= 11 is 0. The first kappa shape index (κ1) is 21.3. The summed E-state index contributed by atoms with van der Waals surface area (Å²) in [5, 5.41) is 0. The number of fused-ring (bicyclic) bond motifs is 1. The molecule has 2 amide bonds. The van der Waals surface area contributed by atoms with Gasteiger partial charge in [0.05, 0.1) is 6.10 Å². The molecule has 1 saturated heterocycles. The topological polar surface area (TPSA) is 89.7 Å². The molecule has 0 N–H and O–H groups in total. The third-order valence-electron chi connectivity index (χ3n) is 6.18. The number of amides is 2. The summed E-state index contributed by atoms with van der Waals surface area (Å²) in [6.45, 7) is 1.96. The van der Waals surface area contributed by atoms with Crippen molar-refractivity contribution < 1.29 is 14.3 Å². The van der Waals surface area contributed by atoms with Crippen LogP contribution in [-0.2, 0) is 31.8 Å². The Hall–Kier alpha value is -2.94. The van der Waals surface area contributed by atoms with E-state index in [4.69, 9.17) is 4.74 Å². The molecule has 31 heavy (non-hydrogen) atoms. The fraction of sp³-hybridized carbons (Fsp3) is 0.545. The highest BCUT2D eigenvalue weighted by molar-refractivity contribution is 5.96. The van der Waals surface area contributed by atoms with Crippen LogP contribution in [0, 0.1) is 0 Å². The van der Waals surface area contributed by atoms with E-state index in [0.29, 0.717) is 31.9 Å². The highest BCUT2D eigenvalue weighted by atomic mass is 16.5. The number of nitrogens with zero attached hydrogens (tertiary/aromatic N) is 5. The van der Waals surface area contributed by atoms with Gasteiger partial charge in [-0.25, -0.2) is 4.98 Å². The molecule has 2 aliphatic heterocycles. The Bertz CT molecular complexity index is 1050. The highest BCUT2D eigenvalue weighted by Gasteiger charge is 2.31. The van der Waals surface area contributed by atoms with Crippen LogP contribution in [0.25, 0.3) is 0 Å². The van der Waals surface area contributed by atoms with E-state index in [1.165, 1.54) is 4.57 Å². The van der Waals surface area contributed by atoms with Crippen LogP contribution in [0.15, 0.2) is 23.4 Å². The van der Waals surface area contributed by atoms with Gasteiger partial charge >= 0.3 is 0 Å². The predicted molar refractivity (Wildman–Crippen MR) is 114 cm³/mol. The summed E-state index contributed by atoms with van der Waals surface area (Å²) in [7, 11) is 5.15. The number of aryl methyl sites for hydroxylation is 2. The molecule has 9 heteroatoms. The van der Waals surface area contributed by atoms with Gasteiger partial charge in [-0.3, -0.25) is 14.4 Å². The van der Waals surface area contributed by atoms with E-state index in [-0.39, 0.29) is 29.0 Å². The number of aromatic nitrogens is 3. The van der Waals surface area contributed by atoms with Crippen LogP contribution in [0.3, 0.4) is 0 Å². The number of carbonyl (C=O) groups is 2. The maximum atomic E-state index is 13.3. The van der Waals surface area contributed by atoms with E-state index in [0.717, 1.165) is 37.0 Å². The van der Waals surface area contributed by atoms with Crippen molar-refractivity contribution in [2.45, 2.75) is 38.3 Å². The Kier molecular flexibility index (Phi) is 5.95. The molecule has 0 spiro atoms. The van der Waals surface area contributed by atoms with Crippen molar-refractivity contribution in [2.75, 3.05) is 26.7 Å². The molecule has 166 valence electrons. The average molecular weight is 428 g/mol. The van der Waals surface area contributed by atoms with Gasteiger partial charge in [0.1, 0.15) is 5.56 Å². The van der Waals surface area contributed by atoms with Gasteiger partial charge in [0.25, 0.3) is 17.4 Å². The van der Waals surface area contributed by atoms with Gasteiger partial charge < -0.3 is 23.7 Å². The Morgan fingerprint density at radius 3 is 2.74 bits per heavy atom. The van der Waals surface area contributed by atoms with Gasteiger partial charge in [0.15, 0.2) is 5.82 Å². The molecular weight excluding hydrogens is 398 g/mol. The summed E-state index contributed by atoms with van der Waals surface area (Å²) in [6.07, 6.45) is 8.59. The van der Waals surface area contributed by atoms with Crippen LogP contribution in [-0.4, -0.2) is 68.6 Å². The lowest BCUT2D eigenvalue weighted by Gasteiger charge is -2.31. The summed E-state index contributed by atoms with van der Waals surface area (Å²) in [6, 6.07) is 0. The van der Waals surface area contributed by atoms with Crippen LogP contribution < -0.4 is 5.56 Å². The molecule has 4 heterocycles. The maximum absolute atomic E-state index is 13.3. The minimum atomic E-state index is -0.302. The maximum Gasteiger partial charge on any atom is 0.290 e. The second-order valence-electron chi connectivity index (χ2n) is 8.44. The zero-order chi connectivity index (χ0) is 22.1. The molecule has 1 fully saturated rings. The van der Waals surface area contributed by atoms with Gasteiger partial charge in [0.2, 0.25) is 0 Å². The lowest BCUT2D eigenvalue weighted by Crippen LogP contribution is -2.43. The Morgan fingerprint density at radius 2 is 2.06 bits per heavy atom. The number of carbonyl (C=O) groups excluding carboxylic acids is 2. The molecule has 9 nitrogen and oxygen atoms in total. The molecule has 2 aromatic rings. The molecule has 1 atom stereocenters. The zero-order valence-corrected chi connectivity index (χ0v) is 18.3. The minimum absolute atomic E-state index is 0.0111. The Labute approximate surface area is 181 Å². The molecule has 0 bridgehead atoms. The van der Waals surface area contributed by atoms with Gasteiger partial charge in [0, 0.05) is 66.0 Å². The van der Waals surface area contributed by atoms with E-state index >= 15 is 0 Å². The van der Waals surface area contributed by atoms with E-state index in [1.807, 2.05) is 0 Å². The lowest BCUT2D eigenvalue weighted by molar-refractivity contribution is -0.000264. The molecule has 0 aliphatic carbocycles. The Morgan fingerprint density at radius 1 is 1.26 bits per heavy atom. The minimum Gasteiger partial charge on any atom is -0.376 e. The van der Waals surface area contributed by atoms with Crippen LogP contribution in [0.2, 0.25) is 0 Å². The molecule has 4 rings (SSSR count). The van der Waals surface area contributed by atoms with Crippen LogP contribution in [0.5, 0.6) is 0 Å². The number of pyridine rings is 1. The first-order valence-corrected chi connectivity index (χ1v) is 10.7. The summed E-state index contributed by atoms with van der Waals surface area (Å²) in [5.74, 6) is -0.0706. The summed E-state index contributed by atoms with van der Waals surface area (Å²) in [4.78, 5) is 46.5. The third-order valence-corrected chi connectivity index (χ3v) is 6.18. The summed E-state index contributed by atoms with van der Waals surface area (Å²) in [5.41, 5.74) is 1.47. The van der Waals surface area contributed by atoms with Crippen molar-refractivity contribution in [3.63, 3.8) is 0 Å². The molecule has 2 aliphatic rings. The van der Waals surface area contributed by atoms with Crippen LogP contribution in [0.1, 0.15) is 51.4 Å². The molecule has 2 aromatic heterocycles. The van der Waals surface area contributed by atoms with E-state index in [9.17, 15) is 14.4 Å². The zero-order valence-electron chi connectivity index (χ0n) is 18.3. The number of rotatable bonds is 4. The first-order chi connectivity index (χ1) is 14.9. The molecular formula is C22H29N5O4. The van der Waals surface area contributed by atoms with Crippen molar-refractivity contribution in [1.82, 2.24) is 23.9 Å². The van der Waals surface area contributed by atoms with Crippen molar-refractivity contribution in [2.24, 2.45) is 14.1 Å². The van der Waals surface area contributed by atoms with Gasteiger partial charge in [-0.1, -0.05) is 0 Å². The van der Waals surface area contributed by atoms with Crippen molar-refractivity contribution in [1.29, 1.82) is 0 Å². The van der Waals surface area contributed by atoms with Gasteiger partial charge in [-0.15, -0.1) is 0 Å². The van der Waals surface area contributed by atoms with E-state index in [2.05, 4.69) is 4.98 Å². The quantitative estimate of drug-likeness (QED) is 0.725. The highest BCUT2D eigenvalue weighted by Crippen LogP contribution is 2.23. The van der Waals surface area contributed by atoms with E-state index < -0.39 is 0 Å². The summed E-state index contributed by atoms with van der Waals surface area (Å²) < 4.78 is 8.88. The van der Waals surface area contributed by atoms with Gasteiger partial charge in [-0.2, -0.15) is 0 Å². The SMILES string of the molecule is CN(CC1CCCCO1)C(=O)c1c2c(cn(C)c1=O)CN(C(=O)c1nccn1C)CC2. The normalized spacial score (nSPS) is 18.5. The fourth-order valence-electron chi connectivity index (χ4n) is 4.43.